The topological polar surface area (TPSA) is 83.8 Å². The second-order valence-corrected chi connectivity index (χ2v) is 6.50. The zero-order chi connectivity index (χ0) is 19.3. The Hall–Kier alpha value is -2.14. The van der Waals surface area contributed by atoms with Crippen molar-refractivity contribution in [3.8, 4) is 5.75 Å². The number of halogens is 5. The lowest BCUT2D eigenvalue weighted by atomic mass is 10.2. The predicted molar refractivity (Wildman–Crippen MR) is 95.4 cm³/mol. The molecule has 0 aliphatic rings. The van der Waals surface area contributed by atoms with E-state index >= 15 is 0 Å². The minimum atomic E-state index is -4.45. The molecule has 0 amide bonds. The molecule has 2 N–H and O–H groups in total. The Bertz CT molecular complexity index is 804. The molecule has 0 saturated heterocycles. The number of pyridine rings is 1. The highest BCUT2D eigenvalue weighted by Crippen LogP contribution is 2.34. The van der Waals surface area contributed by atoms with Crippen molar-refractivity contribution in [3.63, 3.8) is 0 Å². The number of hydrogen-bond donors (Lipinski definition) is 2. The van der Waals surface area contributed by atoms with Gasteiger partial charge in [-0.05, 0) is 61.7 Å². The Morgan fingerprint density at radius 2 is 1.96 bits per heavy atom. The molecule has 0 unspecified atom stereocenters. The molecule has 0 fully saturated rings. The van der Waals surface area contributed by atoms with Gasteiger partial charge in [-0.2, -0.15) is 18.3 Å². The summed E-state index contributed by atoms with van der Waals surface area (Å²) in [5.41, 5.74) is 2.28. The number of ether oxygens (including phenoxy) is 1. The number of alkyl halides is 3. The zero-order valence-electron chi connectivity index (χ0n) is 12.7. The van der Waals surface area contributed by atoms with Gasteiger partial charge in [-0.15, -0.1) is 0 Å². The van der Waals surface area contributed by atoms with E-state index in [9.17, 15) is 18.0 Å². The number of hydrogen-bond acceptors (Lipinski definition) is 5. The third-order valence-electron chi connectivity index (χ3n) is 2.84. The van der Waals surface area contributed by atoms with Gasteiger partial charge >= 0.3 is 12.1 Å². The summed E-state index contributed by atoms with van der Waals surface area (Å²) < 4.78 is 43.5. The number of benzene rings is 1. The molecule has 1 heterocycles. The number of carbonyl (C=O) groups is 1. The smallest absolute Gasteiger partial charge is 0.417 e. The Morgan fingerprint density at radius 1 is 1.31 bits per heavy atom. The summed E-state index contributed by atoms with van der Waals surface area (Å²) in [4.78, 5) is 14.2. The first-order chi connectivity index (χ1) is 12.2. The highest BCUT2D eigenvalue weighted by atomic mass is 79.9. The van der Waals surface area contributed by atoms with E-state index in [1.807, 2.05) is 0 Å². The summed E-state index contributed by atoms with van der Waals surface area (Å²) in [5.74, 6) is -0.640. The fourth-order valence-corrected chi connectivity index (χ4v) is 3.18. The monoisotopic (exact) mass is 495 g/mol. The SMILES string of the molecule is O=C(O)COc1c(Br)cc(/C=N\Nc2ccc(C(F)(F)F)cn2)cc1Br. The van der Waals surface area contributed by atoms with E-state index in [2.05, 4.69) is 47.4 Å². The van der Waals surface area contributed by atoms with Crippen molar-refractivity contribution in [3.05, 3.63) is 50.5 Å². The number of aliphatic carboxylic acids is 1. The second kappa shape index (κ2) is 8.49. The first-order valence-corrected chi connectivity index (χ1v) is 8.41. The quantitative estimate of drug-likeness (QED) is 0.453. The summed E-state index contributed by atoms with van der Waals surface area (Å²) in [6.07, 6.45) is -2.33. The number of hydrazone groups is 1. The molecule has 1 aromatic carbocycles. The Morgan fingerprint density at radius 3 is 2.46 bits per heavy atom. The van der Waals surface area contributed by atoms with Crippen molar-refractivity contribution in [1.82, 2.24) is 4.98 Å². The number of anilines is 1. The van der Waals surface area contributed by atoms with Crippen molar-refractivity contribution < 1.29 is 27.8 Å². The van der Waals surface area contributed by atoms with Crippen LogP contribution in [-0.2, 0) is 11.0 Å². The molecule has 0 aliphatic heterocycles. The molecule has 6 nitrogen and oxygen atoms in total. The van der Waals surface area contributed by atoms with Crippen LogP contribution in [0.3, 0.4) is 0 Å². The van der Waals surface area contributed by atoms with Gasteiger partial charge < -0.3 is 9.84 Å². The van der Waals surface area contributed by atoms with Crippen LogP contribution in [0.4, 0.5) is 19.0 Å². The third kappa shape index (κ3) is 5.70. The van der Waals surface area contributed by atoms with Gasteiger partial charge in [-0.1, -0.05) is 0 Å². The summed E-state index contributed by atoms with van der Waals surface area (Å²) >= 11 is 6.53. The predicted octanol–water partition coefficient (Wildman–Crippen LogP) is 4.53. The van der Waals surface area contributed by atoms with E-state index in [-0.39, 0.29) is 5.82 Å². The minimum Gasteiger partial charge on any atom is -0.480 e. The van der Waals surface area contributed by atoms with Crippen molar-refractivity contribution >= 4 is 49.9 Å². The average molecular weight is 497 g/mol. The number of nitrogens with zero attached hydrogens (tertiary/aromatic N) is 2. The van der Waals surface area contributed by atoms with Crippen LogP contribution in [0, 0.1) is 0 Å². The van der Waals surface area contributed by atoms with Gasteiger partial charge in [-0.3, -0.25) is 5.43 Å². The van der Waals surface area contributed by atoms with Gasteiger partial charge in [-0.25, -0.2) is 9.78 Å². The van der Waals surface area contributed by atoms with Gasteiger partial charge in [0.25, 0.3) is 0 Å². The summed E-state index contributed by atoms with van der Waals surface area (Å²) in [5, 5.41) is 12.5. The van der Waals surface area contributed by atoms with Crippen LogP contribution in [0.2, 0.25) is 0 Å². The first-order valence-electron chi connectivity index (χ1n) is 6.83. The van der Waals surface area contributed by atoms with Crippen LogP contribution in [-0.4, -0.2) is 28.9 Å². The molecular weight excluding hydrogens is 487 g/mol. The summed E-state index contributed by atoms with van der Waals surface area (Å²) in [6.45, 7) is -0.494. The van der Waals surface area contributed by atoms with Crippen LogP contribution >= 0.6 is 31.9 Å². The minimum absolute atomic E-state index is 0.147. The van der Waals surface area contributed by atoms with Gasteiger partial charge in [0.05, 0.1) is 20.7 Å². The van der Waals surface area contributed by atoms with E-state index < -0.39 is 24.3 Å². The Balaban J connectivity index is 2.05. The number of nitrogens with one attached hydrogen (secondary N) is 1. The van der Waals surface area contributed by atoms with Crippen LogP contribution in [0.1, 0.15) is 11.1 Å². The van der Waals surface area contributed by atoms with Gasteiger partial charge in [0.15, 0.2) is 6.61 Å². The lowest BCUT2D eigenvalue weighted by Gasteiger charge is -2.09. The maximum atomic E-state index is 12.5. The van der Waals surface area contributed by atoms with E-state index in [4.69, 9.17) is 9.84 Å². The van der Waals surface area contributed by atoms with Crippen LogP contribution < -0.4 is 10.2 Å². The molecule has 11 heteroatoms. The molecule has 1 aromatic heterocycles. The number of carboxylic acid groups (broad SMARTS) is 1. The Kier molecular flexibility index (Phi) is 6.59. The van der Waals surface area contributed by atoms with E-state index in [1.54, 1.807) is 12.1 Å². The fourth-order valence-electron chi connectivity index (χ4n) is 1.73. The lowest BCUT2D eigenvalue weighted by molar-refractivity contribution is -0.139. The maximum absolute atomic E-state index is 12.5. The largest absolute Gasteiger partial charge is 0.480 e. The molecule has 0 radical (unpaired) electrons. The van der Waals surface area contributed by atoms with Gasteiger partial charge in [0, 0.05) is 6.20 Å². The molecular formula is C15H10Br2F3N3O3. The third-order valence-corrected chi connectivity index (χ3v) is 4.02. The molecule has 138 valence electrons. The van der Waals surface area contributed by atoms with Crippen molar-refractivity contribution in [1.29, 1.82) is 0 Å². The molecule has 0 saturated carbocycles. The molecule has 0 bridgehead atoms. The van der Waals surface area contributed by atoms with Crippen molar-refractivity contribution in [2.24, 2.45) is 5.10 Å². The van der Waals surface area contributed by atoms with E-state index in [0.29, 0.717) is 26.5 Å². The molecule has 26 heavy (non-hydrogen) atoms. The zero-order valence-corrected chi connectivity index (χ0v) is 15.9. The highest BCUT2D eigenvalue weighted by Gasteiger charge is 2.30. The second-order valence-electron chi connectivity index (χ2n) is 4.80. The number of carboxylic acids is 1. The molecule has 0 aliphatic carbocycles. The normalized spacial score (nSPS) is 11.6. The number of rotatable bonds is 6. The Labute approximate surface area is 162 Å². The highest BCUT2D eigenvalue weighted by molar-refractivity contribution is 9.11. The lowest BCUT2D eigenvalue weighted by Crippen LogP contribution is -2.10. The van der Waals surface area contributed by atoms with Crippen LogP contribution in [0.25, 0.3) is 0 Å². The summed E-state index contributed by atoms with van der Waals surface area (Å²) in [6, 6.07) is 5.32. The van der Waals surface area contributed by atoms with Crippen LogP contribution in [0.15, 0.2) is 44.5 Å². The van der Waals surface area contributed by atoms with Gasteiger partial charge in [0.1, 0.15) is 11.6 Å². The molecule has 0 spiro atoms. The summed E-state index contributed by atoms with van der Waals surface area (Å²) in [7, 11) is 0. The van der Waals surface area contributed by atoms with Crippen LogP contribution in [0.5, 0.6) is 5.75 Å². The van der Waals surface area contributed by atoms with E-state index in [0.717, 1.165) is 12.1 Å². The maximum Gasteiger partial charge on any atom is 0.417 e. The standard InChI is InChI=1S/C15H10Br2F3N3O3/c16-10-3-8(4-11(17)14(10)26-7-13(24)25)5-22-23-12-2-1-9(6-21-12)15(18,19)20/h1-6H,7H2,(H,21,23)(H,24,25)/b22-5-. The van der Waals surface area contributed by atoms with Crippen molar-refractivity contribution in [2.45, 2.75) is 6.18 Å². The van der Waals surface area contributed by atoms with E-state index in [1.165, 1.54) is 6.21 Å². The molecule has 0 atom stereocenters. The first kappa shape index (κ1) is 20.2. The average Bonchev–Trinajstić information content (AvgIpc) is 2.53. The van der Waals surface area contributed by atoms with Crippen molar-refractivity contribution in [2.75, 3.05) is 12.0 Å². The van der Waals surface area contributed by atoms with Gasteiger partial charge in [0.2, 0.25) is 0 Å². The fraction of sp³-hybridized carbons (Fsp3) is 0.133. The molecule has 2 aromatic rings. The molecule has 2 rings (SSSR count). The number of aromatic nitrogens is 1.